The van der Waals surface area contributed by atoms with Gasteiger partial charge < -0.3 is 4.98 Å². The molecule has 162 valence electrons. The van der Waals surface area contributed by atoms with E-state index >= 15 is 0 Å². The molecule has 2 heterocycles. The summed E-state index contributed by atoms with van der Waals surface area (Å²) in [6.45, 7) is 0.357. The number of anilines is 1. The summed E-state index contributed by atoms with van der Waals surface area (Å²) < 4.78 is 29.3. The van der Waals surface area contributed by atoms with Crippen molar-refractivity contribution in [2.24, 2.45) is 0 Å². The largest absolute Gasteiger partial charge is 0.333 e. The summed E-state index contributed by atoms with van der Waals surface area (Å²) in [5.41, 5.74) is 0.781. The minimum atomic E-state index is -3.90. The Morgan fingerprint density at radius 3 is 2.56 bits per heavy atom. The lowest BCUT2D eigenvalue weighted by Crippen LogP contribution is -2.36. The van der Waals surface area contributed by atoms with E-state index in [1.54, 1.807) is 30.3 Å². The maximum atomic E-state index is 13.5. The van der Waals surface area contributed by atoms with Gasteiger partial charge in [0.25, 0.3) is 15.6 Å². The van der Waals surface area contributed by atoms with E-state index < -0.39 is 21.3 Å². The first-order valence-electron chi connectivity index (χ1n) is 10.0. The normalized spacial score (nSPS) is 13.8. The van der Waals surface area contributed by atoms with E-state index in [0.717, 1.165) is 16.6 Å². The van der Waals surface area contributed by atoms with Crippen LogP contribution in [0.1, 0.15) is 12.0 Å². The monoisotopic (exact) mass is 467 g/mol. The number of hydrogen-bond acceptors (Lipinski definition) is 4. The van der Waals surface area contributed by atoms with Gasteiger partial charge >= 0.3 is 5.69 Å². The van der Waals surface area contributed by atoms with E-state index in [4.69, 9.17) is 11.6 Å². The van der Waals surface area contributed by atoms with E-state index in [1.165, 1.54) is 28.6 Å². The van der Waals surface area contributed by atoms with Crippen LogP contribution in [0.5, 0.6) is 0 Å². The molecule has 9 heteroatoms. The van der Waals surface area contributed by atoms with Crippen LogP contribution in [0.25, 0.3) is 16.6 Å². The molecule has 1 aromatic heterocycles. The first-order chi connectivity index (χ1) is 15.4. The van der Waals surface area contributed by atoms with Crippen molar-refractivity contribution in [3.05, 3.63) is 98.2 Å². The number of aromatic nitrogens is 2. The average Bonchev–Trinajstić information content (AvgIpc) is 2.78. The van der Waals surface area contributed by atoms with Gasteiger partial charge in [-0.3, -0.25) is 9.10 Å². The lowest BCUT2D eigenvalue weighted by atomic mass is 10.0. The van der Waals surface area contributed by atoms with Crippen LogP contribution in [0.2, 0.25) is 5.02 Å². The second-order valence-corrected chi connectivity index (χ2v) is 9.81. The SMILES string of the molecule is O=c1[nH]c2cccc(Cl)c2c(=O)n1-c1cccc(S(=O)(=O)N2CCCc3ccccc32)c1. The maximum absolute atomic E-state index is 13.5. The van der Waals surface area contributed by atoms with Gasteiger partial charge in [-0.25, -0.2) is 17.8 Å². The number of halogens is 1. The van der Waals surface area contributed by atoms with Crippen molar-refractivity contribution in [3.8, 4) is 5.69 Å². The molecule has 5 rings (SSSR count). The van der Waals surface area contributed by atoms with Crippen molar-refractivity contribution in [1.82, 2.24) is 9.55 Å². The first kappa shape index (κ1) is 20.5. The van der Waals surface area contributed by atoms with E-state index in [2.05, 4.69) is 4.98 Å². The minimum Gasteiger partial charge on any atom is -0.306 e. The minimum absolute atomic E-state index is 0.00254. The molecular formula is C23H18ClN3O4S. The van der Waals surface area contributed by atoms with Crippen molar-refractivity contribution in [2.75, 3.05) is 10.8 Å². The van der Waals surface area contributed by atoms with Crippen molar-refractivity contribution in [2.45, 2.75) is 17.7 Å². The Morgan fingerprint density at radius 1 is 0.938 bits per heavy atom. The molecule has 7 nitrogen and oxygen atoms in total. The van der Waals surface area contributed by atoms with Crippen LogP contribution in [-0.4, -0.2) is 24.5 Å². The van der Waals surface area contributed by atoms with Gasteiger partial charge in [0.05, 0.1) is 32.2 Å². The van der Waals surface area contributed by atoms with Gasteiger partial charge in [-0.05, 0) is 54.8 Å². The van der Waals surface area contributed by atoms with E-state index in [-0.39, 0.29) is 21.0 Å². The van der Waals surface area contributed by atoms with Crippen LogP contribution in [0, 0.1) is 0 Å². The highest BCUT2D eigenvalue weighted by Crippen LogP contribution is 2.32. The molecule has 0 aliphatic carbocycles. The van der Waals surface area contributed by atoms with Gasteiger partial charge in [-0.2, -0.15) is 0 Å². The van der Waals surface area contributed by atoms with Crippen molar-refractivity contribution in [3.63, 3.8) is 0 Å². The number of nitrogens with one attached hydrogen (secondary N) is 1. The Balaban J connectivity index is 1.67. The molecule has 3 aromatic carbocycles. The zero-order valence-electron chi connectivity index (χ0n) is 16.8. The lowest BCUT2D eigenvalue weighted by Gasteiger charge is -2.30. The summed E-state index contributed by atoms with van der Waals surface area (Å²) in [6.07, 6.45) is 1.52. The summed E-state index contributed by atoms with van der Waals surface area (Å²) in [5, 5.41) is 0.359. The van der Waals surface area contributed by atoms with Gasteiger partial charge in [-0.1, -0.05) is 41.9 Å². The zero-order valence-corrected chi connectivity index (χ0v) is 18.4. The molecule has 0 atom stereocenters. The summed E-state index contributed by atoms with van der Waals surface area (Å²) in [6, 6.07) is 18.0. The summed E-state index contributed by atoms with van der Waals surface area (Å²) >= 11 is 6.19. The first-order valence-corrected chi connectivity index (χ1v) is 11.8. The molecule has 4 aromatic rings. The highest BCUT2D eigenvalue weighted by atomic mass is 35.5. The Morgan fingerprint density at radius 2 is 1.72 bits per heavy atom. The second-order valence-electron chi connectivity index (χ2n) is 7.54. The third kappa shape index (κ3) is 3.23. The number of benzene rings is 3. The van der Waals surface area contributed by atoms with Crippen molar-refractivity contribution < 1.29 is 8.42 Å². The van der Waals surface area contributed by atoms with Crippen molar-refractivity contribution >= 4 is 38.2 Å². The number of aromatic amines is 1. The van der Waals surface area contributed by atoms with Crippen LogP contribution in [0.15, 0.2) is 81.2 Å². The summed E-state index contributed by atoms with van der Waals surface area (Å²) in [5.74, 6) is 0. The molecule has 1 N–H and O–H groups in total. The molecule has 0 radical (unpaired) electrons. The Labute approximate surface area is 188 Å². The van der Waals surface area contributed by atoms with Crippen molar-refractivity contribution in [1.29, 1.82) is 0 Å². The van der Waals surface area contributed by atoms with Gasteiger partial charge in [-0.15, -0.1) is 0 Å². The van der Waals surface area contributed by atoms with E-state index in [0.29, 0.717) is 24.2 Å². The van der Waals surface area contributed by atoms with Crippen LogP contribution < -0.4 is 15.6 Å². The molecule has 32 heavy (non-hydrogen) atoms. The molecule has 0 unspecified atom stereocenters. The standard InChI is InChI=1S/C23H18ClN3O4S/c24-18-10-4-11-19-21(18)22(28)27(23(29)25-19)16-8-3-9-17(14-16)32(30,31)26-13-5-7-15-6-1-2-12-20(15)26/h1-4,6,8-12,14H,5,7,13H2,(H,25,29). The number of para-hydroxylation sites is 1. The van der Waals surface area contributed by atoms with E-state index in [1.807, 2.05) is 12.1 Å². The number of hydrogen-bond donors (Lipinski definition) is 1. The van der Waals surface area contributed by atoms with Gasteiger partial charge in [0.15, 0.2) is 0 Å². The molecule has 0 saturated heterocycles. The Bertz CT molecular complexity index is 1590. The number of H-pyrrole nitrogens is 1. The third-order valence-electron chi connectivity index (χ3n) is 5.61. The lowest BCUT2D eigenvalue weighted by molar-refractivity contribution is 0.586. The van der Waals surface area contributed by atoms with E-state index in [9.17, 15) is 18.0 Å². The smallest absolute Gasteiger partial charge is 0.306 e. The summed E-state index contributed by atoms with van der Waals surface area (Å²) in [4.78, 5) is 28.4. The fourth-order valence-electron chi connectivity index (χ4n) is 4.11. The quantitative estimate of drug-likeness (QED) is 0.499. The Hall–Kier alpha value is -3.36. The number of aryl methyl sites for hydroxylation is 1. The maximum Gasteiger partial charge on any atom is 0.333 e. The number of rotatable bonds is 3. The Kier molecular flexibility index (Phi) is 4.91. The molecule has 1 aliphatic heterocycles. The number of sulfonamides is 1. The van der Waals surface area contributed by atoms with Gasteiger partial charge in [0, 0.05) is 6.54 Å². The molecule has 0 spiro atoms. The molecular weight excluding hydrogens is 450 g/mol. The molecule has 0 amide bonds. The highest BCUT2D eigenvalue weighted by molar-refractivity contribution is 7.92. The van der Waals surface area contributed by atoms with Crippen LogP contribution in [-0.2, 0) is 16.4 Å². The predicted molar refractivity (Wildman–Crippen MR) is 124 cm³/mol. The highest BCUT2D eigenvalue weighted by Gasteiger charge is 2.29. The van der Waals surface area contributed by atoms with Crippen LogP contribution in [0.3, 0.4) is 0 Å². The molecule has 0 bridgehead atoms. The van der Waals surface area contributed by atoms with Crippen LogP contribution >= 0.6 is 11.6 Å². The summed E-state index contributed by atoms with van der Waals surface area (Å²) in [7, 11) is -3.90. The number of fused-ring (bicyclic) bond motifs is 2. The molecule has 0 saturated carbocycles. The average molecular weight is 468 g/mol. The second kappa shape index (κ2) is 7.65. The third-order valence-corrected chi connectivity index (χ3v) is 7.73. The fraction of sp³-hybridized carbons (Fsp3) is 0.130. The topological polar surface area (TPSA) is 92.2 Å². The molecule has 0 fully saturated rings. The van der Waals surface area contributed by atoms with Gasteiger partial charge in [0.1, 0.15) is 0 Å². The number of nitrogens with zero attached hydrogens (tertiary/aromatic N) is 2. The van der Waals surface area contributed by atoms with Gasteiger partial charge in [0.2, 0.25) is 0 Å². The van der Waals surface area contributed by atoms with Crippen LogP contribution in [0.4, 0.5) is 5.69 Å². The zero-order chi connectivity index (χ0) is 22.5. The fourth-order valence-corrected chi connectivity index (χ4v) is 5.95. The predicted octanol–water partition coefficient (Wildman–Crippen LogP) is 3.47. The molecule has 1 aliphatic rings.